The van der Waals surface area contributed by atoms with Crippen LogP contribution in [0.5, 0.6) is 0 Å². The number of aliphatic hydroxyl groups is 1. The minimum Gasteiger partial charge on any atom is -0.396 e. The molecular formula is C22H22N2O2. The van der Waals surface area contributed by atoms with Crippen molar-refractivity contribution in [3.05, 3.63) is 77.2 Å². The number of rotatable bonds is 4. The lowest BCUT2D eigenvalue weighted by molar-refractivity contribution is 0.0916. The molecule has 2 heterocycles. The van der Waals surface area contributed by atoms with Crippen LogP contribution in [-0.4, -0.2) is 27.0 Å². The molecular weight excluding hydrogens is 324 g/mol. The summed E-state index contributed by atoms with van der Waals surface area (Å²) in [6.45, 7) is 0.0506. The molecule has 4 heteroatoms. The number of carbonyl (C=O) groups is 1. The van der Waals surface area contributed by atoms with Gasteiger partial charge in [0.15, 0.2) is 5.78 Å². The molecule has 3 aromatic rings. The molecule has 1 N–H and O–H groups in total. The van der Waals surface area contributed by atoms with Crippen LogP contribution in [0.15, 0.2) is 54.9 Å². The number of aliphatic hydroxyl groups excluding tert-OH is 1. The number of aromatic nitrogens is 2. The SMILES string of the molecule is Cn1c2c(c(Cc3ccccc3)c1-c1ccncc1)C(=O)CC(CO)C2. The van der Waals surface area contributed by atoms with Crippen LogP contribution in [0.4, 0.5) is 0 Å². The van der Waals surface area contributed by atoms with Gasteiger partial charge in [0.25, 0.3) is 0 Å². The van der Waals surface area contributed by atoms with Crippen molar-refractivity contribution in [2.45, 2.75) is 19.3 Å². The van der Waals surface area contributed by atoms with Crippen LogP contribution in [-0.2, 0) is 19.9 Å². The molecule has 0 fully saturated rings. The highest BCUT2D eigenvalue weighted by Crippen LogP contribution is 2.37. The average Bonchev–Trinajstić information content (AvgIpc) is 2.95. The summed E-state index contributed by atoms with van der Waals surface area (Å²) in [7, 11) is 2.02. The average molecular weight is 346 g/mol. The van der Waals surface area contributed by atoms with Gasteiger partial charge >= 0.3 is 0 Å². The van der Waals surface area contributed by atoms with E-state index in [-0.39, 0.29) is 18.3 Å². The molecule has 1 aliphatic rings. The van der Waals surface area contributed by atoms with Crippen LogP contribution >= 0.6 is 0 Å². The fourth-order valence-corrected chi connectivity index (χ4v) is 4.05. The highest BCUT2D eigenvalue weighted by atomic mass is 16.3. The smallest absolute Gasteiger partial charge is 0.165 e. The van der Waals surface area contributed by atoms with E-state index in [0.717, 1.165) is 40.9 Å². The van der Waals surface area contributed by atoms with Gasteiger partial charge in [0.05, 0.1) is 5.69 Å². The Morgan fingerprint density at radius 3 is 2.54 bits per heavy atom. The van der Waals surface area contributed by atoms with Crippen molar-refractivity contribution in [2.75, 3.05) is 6.61 Å². The zero-order valence-electron chi connectivity index (χ0n) is 14.9. The third-order valence-electron chi connectivity index (χ3n) is 5.29. The summed E-state index contributed by atoms with van der Waals surface area (Å²) < 4.78 is 2.14. The summed E-state index contributed by atoms with van der Waals surface area (Å²) in [5.74, 6) is 0.158. The van der Waals surface area contributed by atoms with Gasteiger partial charge < -0.3 is 9.67 Å². The first-order valence-corrected chi connectivity index (χ1v) is 8.97. The van der Waals surface area contributed by atoms with Crippen molar-refractivity contribution >= 4 is 5.78 Å². The number of hydrogen-bond donors (Lipinski definition) is 1. The van der Waals surface area contributed by atoms with E-state index in [4.69, 9.17) is 0 Å². The molecule has 1 aliphatic carbocycles. The predicted molar refractivity (Wildman–Crippen MR) is 101 cm³/mol. The van der Waals surface area contributed by atoms with Crippen molar-refractivity contribution in [2.24, 2.45) is 13.0 Å². The Bertz CT molecular complexity index is 930. The standard InChI is InChI=1S/C22H22N2O2/c1-24-19-12-16(14-25)13-20(26)21(19)18(11-15-5-3-2-4-6-15)22(24)17-7-9-23-10-8-17/h2-10,16,25H,11-14H2,1H3. The maximum Gasteiger partial charge on any atom is 0.165 e. The van der Waals surface area contributed by atoms with Gasteiger partial charge in [-0.25, -0.2) is 0 Å². The quantitative estimate of drug-likeness (QED) is 0.787. The summed E-state index contributed by atoms with van der Waals surface area (Å²) in [6.07, 6.45) is 5.45. The van der Waals surface area contributed by atoms with E-state index < -0.39 is 0 Å². The molecule has 132 valence electrons. The van der Waals surface area contributed by atoms with Crippen molar-refractivity contribution in [1.82, 2.24) is 9.55 Å². The van der Waals surface area contributed by atoms with Crippen LogP contribution in [0.25, 0.3) is 11.3 Å². The van der Waals surface area contributed by atoms with Crippen molar-refractivity contribution in [3.63, 3.8) is 0 Å². The second-order valence-electron chi connectivity index (χ2n) is 6.99. The molecule has 0 radical (unpaired) electrons. The minimum atomic E-state index is 0.0125. The van der Waals surface area contributed by atoms with Crippen molar-refractivity contribution < 1.29 is 9.90 Å². The van der Waals surface area contributed by atoms with Gasteiger partial charge in [0, 0.05) is 55.7 Å². The number of nitrogens with zero attached hydrogens (tertiary/aromatic N) is 2. The lowest BCUT2D eigenvalue weighted by Crippen LogP contribution is -2.24. The van der Waals surface area contributed by atoms with Crippen LogP contribution < -0.4 is 0 Å². The van der Waals surface area contributed by atoms with Gasteiger partial charge in [-0.05, 0) is 35.6 Å². The molecule has 0 amide bonds. The first-order chi connectivity index (χ1) is 12.7. The molecule has 1 aromatic carbocycles. The molecule has 1 atom stereocenters. The molecule has 1 unspecified atom stereocenters. The van der Waals surface area contributed by atoms with Crippen LogP contribution in [0.1, 0.15) is 33.6 Å². The van der Waals surface area contributed by atoms with E-state index in [1.54, 1.807) is 12.4 Å². The fourth-order valence-electron chi connectivity index (χ4n) is 4.05. The van der Waals surface area contributed by atoms with Crippen molar-refractivity contribution in [3.8, 4) is 11.3 Å². The van der Waals surface area contributed by atoms with Crippen LogP contribution in [0.3, 0.4) is 0 Å². The van der Waals surface area contributed by atoms with E-state index in [1.165, 1.54) is 5.56 Å². The largest absolute Gasteiger partial charge is 0.396 e. The molecule has 4 rings (SSSR count). The number of ketones is 1. The molecule has 0 aliphatic heterocycles. The Labute approximate surface area is 153 Å². The number of pyridine rings is 1. The Hall–Kier alpha value is -2.72. The molecule has 0 spiro atoms. The van der Waals surface area contributed by atoms with Crippen LogP contribution in [0.2, 0.25) is 0 Å². The number of Topliss-reactive ketones (excluding diaryl/α,β-unsaturated/α-hetero) is 1. The summed E-state index contributed by atoms with van der Waals surface area (Å²) in [5, 5.41) is 9.58. The molecule has 2 aromatic heterocycles. The van der Waals surface area contributed by atoms with Gasteiger partial charge in [-0.3, -0.25) is 9.78 Å². The first kappa shape index (κ1) is 16.7. The van der Waals surface area contributed by atoms with Crippen LogP contribution in [0, 0.1) is 5.92 Å². The maximum atomic E-state index is 12.9. The van der Waals surface area contributed by atoms with Gasteiger partial charge in [-0.15, -0.1) is 0 Å². The zero-order chi connectivity index (χ0) is 18.1. The maximum absolute atomic E-state index is 12.9. The molecule has 0 saturated heterocycles. The number of carbonyl (C=O) groups excluding carboxylic acids is 1. The Kier molecular flexibility index (Phi) is 4.43. The van der Waals surface area contributed by atoms with Gasteiger partial charge in [-0.1, -0.05) is 30.3 Å². The second-order valence-corrected chi connectivity index (χ2v) is 6.99. The molecule has 26 heavy (non-hydrogen) atoms. The highest BCUT2D eigenvalue weighted by Gasteiger charge is 2.32. The monoisotopic (exact) mass is 346 g/mol. The third-order valence-corrected chi connectivity index (χ3v) is 5.29. The first-order valence-electron chi connectivity index (χ1n) is 8.97. The third kappa shape index (κ3) is 2.86. The molecule has 0 bridgehead atoms. The summed E-state index contributed by atoms with van der Waals surface area (Å²) in [6, 6.07) is 14.2. The van der Waals surface area contributed by atoms with E-state index in [1.807, 2.05) is 37.4 Å². The van der Waals surface area contributed by atoms with E-state index in [0.29, 0.717) is 6.42 Å². The summed E-state index contributed by atoms with van der Waals surface area (Å²) in [5.41, 5.74) is 6.31. The van der Waals surface area contributed by atoms with Crippen molar-refractivity contribution in [1.29, 1.82) is 0 Å². The van der Waals surface area contributed by atoms with E-state index in [9.17, 15) is 9.90 Å². The minimum absolute atomic E-state index is 0.0125. The summed E-state index contributed by atoms with van der Waals surface area (Å²) in [4.78, 5) is 17.1. The Morgan fingerprint density at radius 2 is 1.85 bits per heavy atom. The lowest BCUT2D eigenvalue weighted by atomic mass is 9.84. The van der Waals surface area contributed by atoms with Gasteiger partial charge in [-0.2, -0.15) is 0 Å². The molecule has 0 saturated carbocycles. The van der Waals surface area contributed by atoms with E-state index in [2.05, 4.69) is 21.7 Å². The fraction of sp³-hybridized carbons (Fsp3) is 0.273. The lowest BCUT2D eigenvalue weighted by Gasteiger charge is -2.21. The highest BCUT2D eigenvalue weighted by molar-refractivity contribution is 6.02. The summed E-state index contributed by atoms with van der Waals surface area (Å²) >= 11 is 0. The normalized spacial score (nSPS) is 16.5. The van der Waals surface area contributed by atoms with E-state index >= 15 is 0 Å². The Morgan fingerprint density at radius 1 is 1.12 bits per heavy atom. The number of hydrogen-bond acceptors (Lipinski definition) is 3. The number of benzene rings is 1. The zero-order valence-corrected chi connectivity index (χ0v) is 14.9. The van der Waals surface area contributed by atoms with Gasteiger partial charge in [0.1, 0.15) is 0 Å². The predicted octanol–water partition coefficient (Wildman–Crippen LogP) is 3.42. The second kappa shape index (κ2) is 6.89. The number of fused-ring (bicyclic) bond motifs is 1. The molecule has 4 nitrogen and oxygen atoms in total. The topological polar surface area (TPSA) is 55.1 Å². The van der Waals surface area contributed by atoms with Gasteiger partial charge in [0.2, 0.25) is 0 Å². The Balaban J connectivity index is 1.91.